The Balaban J connectivity index is 1.92. The van der Waals surface area contributed by atoms with Gasteiger partial charge in [-0.2, -0.15) is 0 Å². The van der Waals surface area contributed by atoms with Gasteiger partial charge in [-0.3, -0.25) is 4.79 Å². The second-order valence-electron chi connectivity index (χ2n) is 4.82. The van der Waals surface area contributed by atoms with E-state index in [9.17, 15) is 14.0 Å². The van der Waals surface area contributed by atoms with E-state index >= 15 is 0 Å². The number of esters is 1. The minimum atomic E-state index is -0.641. The minimum Gasteiger partial charge on any atom is -0.496 e. The molecule has 0 aliphatic rings. The van der Waals surface area contributed by atoms with Crippen LogP contribution in [-0.2, 0) is 9.53 Å². The lowest BCUT2D eigenvalue weighted by Crippen LogP contribution is -2.21. The zero-order chi connectivity index (χ0) is 16.8. The number of methoxy groups -OCH3 is 1. The van der Waals surface area contributed by atoms with Crippen LogP contribution in [0.5, 0.6) is 5.75 Å². The third-order valence-corrected chi connectivity index (χ3v) is 3.09. The Morgan fingerprint density at radius 3 is 2.65 bits per heavy atom. The summed E-state index contributed by atoms with van der Waals surface area (Å²) in [6.07, 6.45) is 0. The molecule has 0 heterocycles. The maximum absolute atomic E-state index is 13.0. The number of hydrogen-bond donors (Lipinski definition) is 1. The number of nitrogens with one attached hydrogen (secondary N) is 1. The molecule has 0 bridgehead atoms. The first-order valence-corrected chi connectivity index (χ1v) is 6.87. The number of anilines is 1. The second kappa shape index (κ2) is 7.40. The van der Waals surface area contributed by atoms with E-state index < -0.39 is 24.3 Å². The number of aryl methyl sites for hydroxylation is 1. The van der Waals surface area contributed by atoms with Gasteiger partial charge in [-0.15, -0.1) is 0 Å². The molecular formula is C17H16FNO4. The Labute approximate surface area is 133 Å². The molecule has 1 amide bonds. The fourth-order valence-corrected chi connectivity index (χ4v) is 1.92. The average Bonchev–Trinajstić information content (AvgIpc) is 2.53. The van der Waals surface area contributed by atoms with Crippen molar-refractivity contribution in [3.63, 3.8) is 0 Å². The third-order valence-electron chi connectivity index (χ3n) is 3.09. The van der Waals surface area contributed by atoms with E-state index in [0.717, 1.165) is 5.56 Å². The number of halogens is 1. The predicted molar refractivity (Wildman–Crippen MR) is 83.0 cm³/mol. The predicted octanol–water partition coefficient (Wildman–Crippen LogP) is 2.94. The summed E-state index contributed by atoms with van der Waals surface area (Å²) in [5, 5.41) is 2.44. The molecule has 23 heavy (non-hydrogen) atoms. The van der Waals surface area contributed by atoms with Crippen LogP contribution in [0.3, 0.4) is 0 Å². The summed E-state index contributed by atoms with van der Waals surface area (Å²) in [6.45, 7) is 1.38. The van der Waals surface area contributed by atoms with Gasteiger partial charge in [0.25, 0.3) is 5.91 Å². The van der Waals surface area contributed by atoms with Gasteiger partial charge in [0.15, 0.2) is 6.61 Å². The highest BCUT2D eigenvalue weighted by Gasteiger charge is 2.12. The molecule has 0 saturated heterocycles. The molecule has 2 rings (SSSR count). The number of carbonyl (C=O) groups excluding carboxylic acids is 2. The van der Waals surface area contributed by atoms with Crippen molar-refractivity contribution in [1.82, 2.24) is 0 Å². The monoisotopic (exact) mass is 317 g/mol. The number of hydrogen-bond acceptors (Lipinski definition) is 4. The van der Waals surface area contributed by atoms with Crippen LogP contribution >= 0.6 is 0 Å². The zero-order valence-electron chi connectivity index (χ0n) is 12.8. The molecule has 6 heteroatoms. The van der Waals surface area contributed by atoms with E-state index in [1.54, 1.807) is 18.2 Å². The van der Waals surface area contributed by atoms with Crippen LogP contribution in [0.4, 0.5) is 10.1 Å². The smallest absolute Gasteiger partial charge is 0.338 e. The molecule has 0 radical (unpaired) electrons. The summed E-state index contributed by atoms with van der Waals surface area (Å²) in [7, 11) is 1.50. The highest BCUT2D eigenvalue weighted by Crippen LogP contribution is 2.19. The summed E-state index contributed by atoms with van der Waals surface area (Å²) >= 11 is 0. The highest BCUT2D eigenvalue weighted by atomic mass is 19.1. The summed E-state index contributed by atoms with van der Waals surface area (Å²) in [6, 6.07) is 10.3. The molecule has 0 atom stereocenters. The van der Waals surface area contributed by atoms with Crippen molar-refractivity contribution in [3.8, 4) is 5.75 Å². The van der Waals surface area contributed by atoms with Gasteiger partial charge in [0.2, 0.25) is 0 Å². The fourth-order valence-electron chi connectivity index (χ4n) is 1.92. The van der Waals surface area contributed by atoms with Crippen LogP contribution in [0.1, 0.15) is 15.9 Å². The van der Waals surface area contributed by atoms with Crippen LogP contribution in [0.25, 0.3) is 0 Å². The quantitative estimate of drug-likeness (QED) is 0.861. The summed E-state index contributed by atoms with van der Waals surface area (Å²) in [4.78, 5) is 23.6. The molecule has 0 saturated carbocycles. The van der Waals surface area contributed by atoms with Crippen molar-refractivity contribution in [2.75, 3.05) is 19.0 Å². The molecule has 120 valence electrons. The Bertz CT molecular complexity index is 730. The molecule has 1 N–H and O–H groups in total. The van der Waals surface area contributed by atoms with Gasteiger partial charge < -0.3 is 14.8 Å². The molecule has 2 aromatic carbocycles. The summed E-state index contributed by atoms with van der Waals surface area (Å²) < 4.78 is 23.1. The summed E-state index contributed by atoms with van der Waals surface area (Å²) in [5.74, 6) is -1.10. The van der Waals surface area contributed by atoms with Crippen LogP contribution in [0, 0.1) is 12.7 Å². The number of benzene rings is 2. The van der Waals surface area contributed by atoms with Crippen LogP contribution < -0.4 is 10.1 Å². The Kier molecular flexibility index (Phi) is 5.30. The molecule has 5 nitrogen and oxygen atoms in total. The first kappa shape index (κ1) is 16.5. The second-order valence-corrected chi connectivity index (χ2v) is 4.82. The Morgan fingerprint density at radius 2 is 1.96 bits per heavy atom. The van der Waals surface area contributed by atoms with Gasteiger partial charge in [0.05, 0.1) is 12.7 Å². The average molecular weight is 317 g/mol. The van der Waals surface area contributed by atoms with Crippen molar-refractivity contribution in [2.24, 2.45) is 0 Å². The first-order valence-electron chi connectivity index (χ1n) is 6.87. The van der Waals surface area contributed by atoms with Crippen molar-refractivity contribution < 1.29 is 23.5 Å². The molecule has 0 aromatic heterocycles. The van der Waals surface area contributed by atoms with Crippen LogP contribution in [-0.4, -0.2) is 25.6 Å². The van der Waals surface area contributed by atoms with E-state index in [1.165, 1.54) is 31.4 Å². The van der Waals surface area contributed by atoms with Crippen molar-refractivity contribution in [3.05, 3.63) is 59.4 Å². The largest absolute Gasteiger partial charge is 0.496 e. The lowest BCUT2D eigenvalue weighted by Gasteiger charge is -2.09. The Hall–Kier alpha value is -2.89. The highest BCUT2D eigenvalue weighted by molar-refractivity contribution is 5.95. The van der Waals surface area contributed by atoms with Gasteiger partial charge in [-0.25, -0.2) is 9.18 Å². The van der Waals surface area contributed by atoms with E-state index in [2.05, 4.69) is 5.32 Å². The lowest BCUT2D eigenvalue weighted by atomic mass is 10.1. The zero-order valence-corrected chi connectivity index (χ0v) is 12.8. The SMILES string of the molecule is COc1cc(C(=O)OCC(=O)Nc2cccc(F)c2)ccc1C. The number of ether oxygens (including phenoxy) is 2. The third kappa shape index (κ3) is 4.54. The number of amides is 1. The van der Waals surface area contributed by atoms with Gasteiger partial charge in [0, 0.05) is 5.69 Å². The normalized spacial score (nSPS) is 10.0. The van der Waals surface area contributed by atoms with Crippen molar-refractivity contribution >= 4 is 17.6 Å². The topological polar surface area (TPSA) is 64.6 Å². The van der Waals surface area contributed by atoms with Gasteiger partial charge in [0.1, 0.15) is 11.6 Å². The standard InChI is InChI=1S/C17H16FNO4/c1-11-6-7-12(8-15(11)22-2)17(21)23-10-16(20)19-14-5-3-4-13(18)9-14/h3-9H,10H2,1-2H3,(H,19,20). The molecule has 0 spiro atoms. The van der Waals surface area contributed by atoms with Gasteiger partial charge in [-0.05, 0) is 42.8 Å². The maximum Gasteiger partial charge on any atom is 0.338 e. The van der Waals surface area contributed by atoms with E-state index in [4.69, 9.17) is 9.47 Å². The number of carbonyl (C=O) groups is 2. The van der Waals surface area contributed by atoms with E-state index in [0.29, 0.717) is 11.4 Å². The maximum atomic E-state index is 13.0. The van der Waals surface area contributed by atoms with Crippen molar-refractivity contribution in [1.29, 1.82) is 0 Å². The van der Waals surface area contributed by atoms with E-state index in [1.807, 2.05) is 6.92 Å². The van der Waals surface area contributed by atoms with Gasteiger partial charge in [-0.1, -0.05) is 12.1 Å². The van der Waals surface area contributed by atoms with E-state index in [-0.39, 0.29) is 5.56 Å². The van der Waals surface area contributed by atoms with Crippen LogP contribution in [0.2, 0.25) is 0 Å². The molecule has 0 unspecified atom stereocenters. The Morgan fingerprint density at radius 1 is 1.17 bits per heavy atom. The molecule has 0 fully saturated rings. The minimum absolute atomic E-state index is 0.283. The van der Waals surface area contributed by atoms with Crippen molar-refractivity contribution in [2.45, 2.75) is 6.92 Å². The number of rotatable bonds is 5. The summed E-state index contributed by atoms with van der Waals surface area (Å²) in [5.41, 5.74) is 1.46. The fraction of sp³-hybridized carbons (Fsp3) is 0.176. The molecule has 0 aliphatic heterocycles. The first-order chi connectivity index (χ1) is 11.0. The van der Waals surface area contributed by atoms with Crippen LogP contribution in [0.15, 0.2) is 42.5 Å². The molecule has 0 aliphatic carbocycles. The molecular weight excluding hydrogens is 301 g/mol. The lowest BCUT2D eigenvalue weighted by molar-refractivity contribution is -0.119. The molecule has 2 aromatic rings. The van der Waals surface area contributed by atoms with Gasteiger partial charge >= 0.3 is 5.97 Å².